The molecule has 0 aliphatic carbocycles. The molecule has 0 atom stereocenters. The van der Waals surface area contributed by atoms with E-state index in [1.807, 2.05) is 19.1 Å². The van der Waals surface area contributed by atoms with Gasteiger partial charge in [-0.15, -0.1) is 0 Å². The van der Waals surface area contributed by atoms with Crippen LogP contribution in [0.25, 0.3) is 11.0 Å². The van der Waals surface area contributed by atoms with Crippen LogP contribution >= 0.6 is 0 Å². The summed E-state index contributed by atoms with van der Waals surface area (Å²) in [4.78, 5) is 14.6. The van der Waals surface area contributed by atoms with Gasteiger partial charge in [0.25, 0.3) is 5.91 Å². The number of benzene rings is 2. The highest BCUT2D eigenvalue weighted by atomic mass is 32.2. The van der Waals surface area contributed by atoms with E-state index in [4.69, 9.17) is 9.26 Å². The Morgan fingerprint density at radius 2 is 1.87 bits per heavy atom. The van der Waals surface area contributed by atoms with Crippen molar-refractivity contribution in [1.82, 2.24) is 14.8 Å². The first-order chi connectivity index (χ1) is 15.0. The summed E-state index contributed by atoms with van der Waals surface area (Å²) in [5.74, 6) is 0.508. The van der Waals surface area contributed by atoms with Crippen LogP contribution < -0.4 is 9.46 Å². The third-order valence-corrected chi connectivity index (χ3v) is 6.70. The van der Waals surface area contributed by atoms with Crippen molar-refractivity contribution in [2.45, 2.75) is 37.6 Å². The average molecular weight is 444 g/mol. The molecule has 1 N–H and O–H groups in total. The molecule has 31 heavy (non-hydrogen) atoms. The van der Waals surface area contributed by atoms with E-state index in [0.717, 1.165) is 30.6 Å². The van der Waals surface area contributed by atoms with Gasteiger partial charge in [-0.3, -0.25) is 4.79 Å². The topological polar surface area (TPSA) is 102 Å². The van der Waals surface area contributed by atoms with Gasteiger partial charge in [0.1, 0.15) is 5.75 Å². The van der Waals surface area contributed by atoms with Gasteiger partial charge in [-0.05, 0) is 62.1 Å². The molecule has 0 saturated carbocycles. The fourth-order valence-electron chi connectivity index (χ4n) is 3.62. The lowest BCUT2D eigenvalue weighted by Gasteiger charge is -2.25. The minimum atomic E-state index is -3.79. The van der Waals surface area contributed by atoms with E-state index in [0.29, 0.717) is 30.7 Å². The fourth-order valence-corrected chi connectivity index (χ4v) is 4.66. The summed E-state index contributed by atoms with van der Waals surface area (Å²) < 4.78 is 38.9. The lowest BCUT2D eigenvalue weighted by atomic mass is 10.1. The summed E-state index contributed by atoms with van der Waals surface area (Å²) >= 11 is 0. The molecule has 1 fully saturated rings. The lowest BCUT2D eigenvalue weighted by Crippen LogP contribution is -2.35. The molecular formula is C22H25N3O5S. The van der Waals surface area contributed by atoms with E-state index in [1.165, 1.54) is 18.2 Å². The first-order valence-corrected chi connectivity index (χ1v) is 11.9. The quantitative estimate of drug-likeness (QED) is 0.601. The van der Waals surface area contributed by atoms with Gasteiger partial charge in [-0.2, -0.15) is 0 Å². The van der Waals surface area contributed by atoms with E-state index < -0.39 is 10.0 Å². The molecule has 0 unspecified atom stereocenters. The predicted molar refractivity (Wildman–Crippen MR) is 115 cm³/mol. The molecule has 0 bridgehead atoms. The molecule has 1 aliphatic rings. The zero-order chi connectivity index (χ0) is 21.8. The molecule has 1 aromatic heterocycles. The molecule has 0 radical (unpaired) electrons. The number of hydrogen-bond acceptors (Lipinski definition) is 6. The number of carbonyl (C=O) groups excluding carboxylic acids is 1. The van der Waals surface area contributed by atoms with Gasteiger partial charge in [0, 0.05) is 19.6 Å². The van der Waals surface area contributed by atoms with Crippen LogP contribution in [0.3, 0.4) is 0 Å². The summed E-state index contributed by atoms with van der Waals surface area (Å²) in [6, 6.07) is 11.6. The Kier molecular flexibility index (Phi) is 6.24. The normalized spacial score (nSPS) is 14.7. The number of nitrogens with zero attached hydrogens (tertiary/aromatic N) is 2. The van der Waals surface area contributed by atoms with Crippen LogP contribution in [0, 0.1) is 0 Å². The molecule has 1 saturated heterocycles. The Balaban J connectivity index is 1.53. The third-order valence-electron chi connectivity index (χ3n) is 5.30. The molecular weight excluding hydrogens is 418 g/mol. The molecule has 0 spiro atoms. The zero-order valence-electron chi connectivity index (χ0n) is 17.3. The number of likely N-dealkylation sites (tertiary alicyclic amines) is 1. The van der Waals surface area contributed by atoms with E-state index in [9.17, 15) is 13.2 Å². The largest absolute Gasteiger partial charge is 0.494 e. The van der Waals surface area contributed by atoms with Gasteiger partial charge in [-0.1, -0.05) is 17.3 Å². The highest BCUT2D eigenvalue weighted by Crippen LogP contribution is 2.25. The SMILES string of the molecule is CCOc1ccc(CNS(=O)(=O)c2ccc3onc(C(=O)N4CCCCC4)c3c2)cc1. The summed E-state index contributed by atoms with van der Waals surface area (Å²) in [6.45, 7) is 3.96. The number of ether oxygens (including phenoxy) is 1. The number of fused-ring (bicyclic) bond motifs is 1. The Bertz CT molecular complexity index is 1170. The van der Waals surface area contributed by atoms with Crippen LogP contribution in [0.1, 0.15) is 42.2 Å². The van der Waals surface area contributed by atoms with Crippen LogP contribution in [-0.4, -0.2) is 44.1 Å². The van der Waals surface area contributed by atoms with Crippen LogP contribution in [0.2, 0.25) is 0 Å². The van der Waals surface area contributed by atoms with Crippen molar-refractivity contribution in [1.29, 1.82) is 0 Å². The Morgan fingerprint density at radius 3 is 2.58 bits per heavy atom. The first kappa shape index (κ1) is 21.3. The van der Waals surface area contributed by atoms with Crippen LogP contribution in [0.5, 0.6) is 5.75 Å². The van der Waals surface area contributed by atoms with Crippen molar-refractivity contribution >= 4 is 26.9 Å². The number of carbonyl (C=O) groups is 1. The standard InChI is InChI=1S/C22H25N3O5S/c1-2-29-17-8-6-16(7-9-17)15-23-31(27,28)18-10-11-20-19(14-18)21(24-30-20)22(26)25-12-4-3-5-13-25/h6-11,14,23H,2-5,12-13,15H2,1H3. The van der Waals surface area contributed by atoms with Gasteiger partial charge < -0.3 is 14.2 Å². The highest BCUT2D eigenvalue weighted by molar-refractivity contribution is 7.89. The van der Waals surface area contributed by atoms with Crippen LogP contribution in [0.4, 0.5) is 0 Å². The summed E-state index contributed by atoms with van der Waals surface area (Å²) in [6.07, 6.45) is 3.01. The van der Waals surface area contributed by atoms with Crippen molar-refractivity contribution in [3.63, 3.8) is 0 Å². The highest BCUT2D eigenvalue weighted by Gasteiger charge is 2.25. The van der Waals surface area contributed by atoms with Gasteiger partial charge in [0.15, 0.2) is 11.3 Å². The number of sulfonamides is 1. The molecule has 2 heterocycles. The van der Waals surface area contributed by atoms with Crippen LogP contribution in [0.15, 0.2) is 51.9 Å². The van der Waals surface area contributed by atoms with E-state index in [1.54, 1.807) is 17.0 Å². The number of aromatic nitrogens is 1. The zero-order valence-corrected chi connectivity index (χ0v) is 18.2. The molecule has 9 heteroatoms. The number of hydrogen-bond donors (Lipinski definition) is 1. The van der Waals surface area contributed by atoms with E-state index >= 15 is 0 Å². The van der Waals surface area contributed by atoms with Gasteiger partial charge in [0.2, 0.25) is 10.0 Å². The van der Waals surface area contributed by atoms with Gasteiger partial charge in [0.05, 0.1) is 16.9 Å². The maximum Gasteiger partial charge on any atom is 0.276 e. The van der Waals surface area contributed by atoms with E-state index in [-0.39, 0.29) is 23.0 Å². The molecule has 164 valence electrons. The molecule has 2 aromatic carbocycles. The number of piperidine rings is 1. The average Bonchev–Trinajstić information content (AvgIpc) is 3.22. The number of rotatable bonds is 7. The first-order valence-electron chi connectivity index (χ1n) is 10.4. The van der Waals surface area contributed by atoms with Crippen molar-refractivity contribution in [3.05, 3.63) is 53.7 Å². The third kappa shape index (κ3) is 4.72. The van der Waals surface area contributed by atoms with Gasteiger partial charge >= 0.3 is 0 Å². The minimum absolute atomic E-state index is 0.0573. The molecule has 1 amide bonds. The molecule has 4 rings (SSSR count). The van der Waals surface area contributed by atoms with Crippen molar-refractivity contribution in [3.8, 4) is 5.75 Å². The minimum Gasteiger partial charge on any atom is -0.494 e. The smallest absolute Gasteiger partial charge is 0.276 e. The summed E-state index contributed by atoms with van der Waals surface area (Å²) in [7, 11) is -3.79. The Labute approximate surface area is 181 Å². The summed E-state index contributed by atoms with van der Waals surface area (Å²) in [5, 5.41) is 4.32. The van der Waals surface area contributed by atoms with Crippen LogP contribution in [-0.2, 0) is 16.6 Å². The maximum atomic E-state index is 12.8. The predicted octanol–water partition coefficient (Wildman–Crippen LogP) is 3.33. The van der Waals surface area contributed by atoms with Gasteiger partial charge in [-0.25, -0.2) is 13.1 Å². The molecule has 3 aromatic rings. The van der Waals surface area contributed by atoms with Crippen molar-refractivity contribution in [2.75, 3.05) is 19.7 Å². The second-order valence-electron chi connectivity index (χ2n) is 7.44. The monoisotopic (exact) mass is 443 g/mol. The summed E-state index contributed by atoms with van der Waals surface area (Å²) in [5.41, 5.74) is 1.34. The van der Waals surface area contributed by atoms with E-state index in [2.05, 4.69) is 9.88 Å². The molecule has 1 aliphatic heterocycles. The Morgan fingerprint density at radius 1 is 1.13 bits per heavy atom. The van der Waals surface area contributed by atoms with Crippen molar-refractivity contribution < 1.29 is 22.5 Å². The maximum absolute atomic E-state index is 12.8. The lowest BCUT2D eigenvalue weighted by molar-refractivity contribution is 0.0716. The second kappa shape index (κ2) is 9.07. The van der Waals surface area contributed by atoms with Crippen molar-refractivity contribution in [2.24, 2.45) is 0 Å². The number of amides is 1. The Hall–Kier alpha value is -2.91. The fraction of sp³-hybridized carbons (Fsp3) is 0.364. The molecule has 8 nitrogen and oxygen atoms in total. The second-order valence-corrected chi connectivity index (χ2v) is 9.21. The number of nitrogens with one attached hydrogen (secondary N) is 1.